The highest BCUT2D eigenvalue weighted by molar-refractivity contribution is 5.76. The van der Waals surface area contributed by atoms with Gasteiger partial charge in [-0.3, -0.25) is 4.79 Å². The fraction of sp³-hybridized carbons (Fsp3) is 0.500. The molecule has 4 nitrogen and oxygen atoms in total. The maximum absolute atomic E-state index is 10.9. The Morgan fingerprint density at radius 1 is 1.42 bits per heavy atom. The molecule has 0 fully saturated rings. The summed E-state index contributed by atoms with van der Waals surface area (Å²) in [5.41, 5.74) is -0.248. The second-order valence-corrected chi connectivity index (χ2v) is 3.65. The van der Waals surface area contributed by atoms with E-state index < -0.39 is 5.63 Å². The number of hydrogen-bond donors (Lipinski definition) is 1. The number of carbonyl (C=O) groups is 1. The summed E-state index contributed by atoms with van der Waals surface area (Å²) < 4.78 is 4.50. The molecule has 0 amide bonds. The molecule has 1 aromatic heterocycles. The van der Waals surface area contributed by atoms with Crippen molar-refractivity contribution >= 4 is 6.29 Å². The zero-order chi connectivity index (χ0) is 9.35. The number of nitrogens with one attached hydrogen (secondary N) is 1. The molecule has 1 aromatic rings. The number of hydrogen-bond acceptors (Lipinski definition) is 3. The summed E-state index contributed by atoms with van der Waals surface area (Å²) >= 11 is 0. The van der Waals surface area contributed by atoms with E-state index in [9.17, 15) is 9.59 Å². The van der Waals surface area contributed by atoms with Gasteiger partial charge in [-0.25, -0.2) is 9.95 Å². The van der Waals surface area contributed by atoms with Crippen LogP contribution in [0.1, 0.15) is 36.8 Å². The summed E-state index contributed by atoms with van der Waals surface area (Å²) in [6, 6.07) is 0. The lowest BCUT2D eigenvalue weighted by Crippen LogP contribution is -2.16. The zero-order valence-electron chi connectivity index (χ0n) is 7.30. The molecule has 1 heterocycles. The third-order valence-corrected chi connectivity index (χ3v) is 1.60. The minimum Gasteiger partial charge on any atom is -0.338 e. The van der Waals surface area contributed by atoms with Crippen molar-refractivity contribution in [2.75, 3.05) is 0 Å². The predicted molar refractivity (Wildman–Crippen MR) is 43.4 cm³/mol. The van der Waals surface area contributed by atoms with Crippen molar-refractivity contribution in [2.45, 2.75) is 26.2 Å². The van der Waals surface area contributed by atoms with Gasteiger partial charge in [0.15, 0.2) is 6.29 Å². The monoisotopic (exact) mass is 169 g/mol. The summed E-state index contributed by atoms with van der Waals surface area (Å²) in [6.45, 7) is 5.67. The van der Waals surface area contributed by atoms with Gasteiger partial charge in [0.05, 0.1) is 5.69 Å². The maximum Gasteiger partial charge on any atom is 0.367 e. The van der Waals surface area contributed by atoms with E-state index in [1.807, 2.05) is 20.8 Å². The van der Waals surface area contributed by atoms with Crippen molar-refractivity contribution in [3.8, 4) is 0 Å². The molecule has 1 N–H and O–H groups in total. The molecule has 12 heavy (non-hydrogen) atoms. The van der Waals surface area contributed by atoms with E-state index in [1.54, 1.807) is 0 Å². The first-order valence-corrected chi connectivity index (χ1v) is 3.64. The van der Waals surface area contributed by atoms with Crippen LogP contribution < -0.4 is 5.63 Å². The summed E-state index contributed by atoms with van der Waals surface area (Å²) in [5.74, 6) is 0. The molecule has 0 bridgehead atoms. The first kappa shape index (κ1) is 8.77. The van der Waals surface area contributed by atoms with Crippen LogP contribution in [0.5, 0.6) is 0 Å². The molecule has 0 aromatic carbocycles. The number of H-pyrrole nitrogens is 1. The Morgan fingerprint density at radius 3 is 2.33 bits per heavy atom. The summed E-state index contributed by atoms with van der Waals surface area (Å²) in [4.78, 5) is 21.4. The Hall–Kier alpha value is -1.32. The van der Waals surface area contributed by atoms with Crippen LogP contribution in [0.3, 0.4) is 0 Å². The number of rotatable bonds is 1. The molecule has 0 spiro atoms. The van der Waals surface area contributed by atoms with Crippen LogP contribution in [-0.2, 0) is 5.41 Å². The molecule has 4 heteroatoms. The van der Waals surface area contributed by atoms with Crippen LogP contribution in [0.25, 0.3) is 0 Å². The lowest BCUT2D eigenvalue weighted by atomic mass is 9.90. The van der Waals surface area contributed by atoms with E-state index in [-0.39, 0.29) is 11.0 Å². The second-order valence-electron chi connectivity index (χ2n) is 3.65. The van der Waals surface area contributed by atoms with Crippen LogP contribution >= 0.6 is 0 Å². The molecule has 0 unspecified atom stereocenters. The zero-order valence-corrected chi connectivity index (χ0v) is 7.30. The molecular formula is C8H11NO3. The lowest BCUT2D eigenvalue weighted by Gasteiger charge is -2.14. The smallest absolute Gasteiger partial charge is 0.338 e. The fourth-order valence-electron chi connectivity index (χ4n) is 0.974. The molecule has 66 valence electrons. The predicted octanol–water partition coefficient (Wildman–Crippen LogP) is 1.08. The van der Waals surface area contributed by atoms with Gasteiger partial charge in [0.2, 0.25) is 0 Å². The Labute approximate surface area is 69.5 Å². The minimum atomic E-state index is -0.602. The molecule has 1 rings (SSSR count). The molecule has 0 saturated carbocycles. The largest absolute Gasteiger partial charge is 0.367 e. The molecule has 0 saturated heterocycles. The van der Waals surface area contributed by atoms with E-state index in [4.69, 9.17) is 0 Å². The molecule has 0 radical (unpaired) electrons. The molecular weight excluding hydrogens is 158 g/mol. The minimum absolute atomic E-state index is 0.0856. The fourth-order valence-corrected chi connectivity index (χ4v) is 0.974. The van der Waals surface area contributed by atoms with Gasteiger partial charge in [-0.05, 0) is 0 Å². The van der Waals surface area contributed by atoms with Gasteiger partial charge in [0.1, 0.15) is 5.56 Å². The van der Waals surface area contributed by atoms with Gasteiger partial charge >= 0.3 is 5.63 Å². The third kappa shape index (κ3) is 1.32. The van der Waals surface area contributed by atoms with Crippen molar-refractivity contribution in [2.24, 2.45) is 0 Å². The highest BCUT2D eigenvalue weighted by Crippen LogP contribution is 2.20. The van der Waals surface area contributed by atoms with Crippen LogP contribution in [0.15, 0.2) is 9.32 Å². The van der Waals surface area contributed by atoms with Crippen LogP contribution in [0.4, 0.5) is 0 Å². The van der Waals surface area contributed by atoms with Gasteiger partial charge in [0.25, 0.3) is 0 Å². The van der Waals surface area contributed by atoms with Crippen molar-refractivity contribution < 1.29 is 9.32 Å². The Balaban J connectivity index is 3.35. The van der Waals surface area contributed by atoms with E-state index in [0.717, 1.165) is 0 Å². The topological polar surface area (TPSA) is 63.1 Å². The summed E-state index contributed by atoms with van der Waals surface area (Å²) in [6.07, 6.45) is 0.517. The van der Waals surface area contributed by atoms with E-state index >= 15 is 0 Å². The van der Waals surface area contributed by atoms with Crippen LogP contribution in [-0.4, -0.2) is 11.4 Å². The SMILES string of the molecule is CC(C)(C)c1[nH]oc(=O)c1C=O. The van der Waals surface area contributed by atoms with Crippen LogP contribution in [0.2, 0.25) is 0 Å². The standard InChI is InChI=1S/C8H11NO3/c1-8(2,3)6-5(4-10)7(11)12-9-6/h4,9H,1-3H3. The highest BCUT2D eigenvalue weighted by Gasteiger charge is 2.23. The van der Waals surface area contributed by atoms with Crippen LogP contribution in [0, 0.1) is 0 Å². The molecule has 0 aliphatic rings. The van der Waals surface area contributed by atoms with E-state index in [1.165, 1.54) is 0 Å². The summed E-state index contributed by atoms with van der Waals surface area (Å²) in [5, 5.41) is 2.45. The van der Waals surface area contributed by atoms with Gasteiger partial charge < -0.3 is 4.52 Å². The number of aromatic amines is 1. The second kappa shape index (κ2) is 2.62. The van der Waals surface area contributed by atoms with Gasteiger partial charge in [-0.2, -0.15) is 0 Å². The third-order valence-electron chi connectivity index (χ3n) is 1.60. The van der Waals surface area contributed by atoms with Crippen molar-refractivity contribution in [3.05, 3.63) is 21.7 Å². The van der Waals surface area contributed by atoms with Gasteiger partial charge in [0, 0.05) is 5.41 Å². The lowest BCUT2D eigenvalue weighted by molar-refractivity contribution is 0.111. The number of carbonyl (C=O) groups excluding carboxylic acids is 1. The Kier molecular flexibility index (Phi) is 1.92. The Bertz CT molecular complexity index is 340. The van der Waals surface area contributed by atoms with Crippen molar-refractivity contribution in [1.82, 2.24) is 5.16 Å². The normalized spacial score (nSPS) is 11.6. The average molecular weight is 169 g/mol. The highest BCUT2D eigenvalue weighted by atomic mass is 16.5. The van der Waals surface area contributed by atoms with Crippen molar-refractivity contribution in [3.63, 3.8) is 0 Å². The maximum atomic E-state index is 10.9. The molecule has 0 aliphatic carbocycles. The summed E-state index contributed by atoms with van der Waals surface area (Å²) in [7, 11) is 0. The van der Waals surface area contributed by atoms with E-state index in [0.29, 0.717) is 12.0 Å². The number of aldehydes is 1. The van der Waals surface area contributed by atoms with Crippen molar-refractivity contribution in [1.29, 1.82) is 0 Å². The first-order valence-electron chi connectivity index (χ1n) is 3.64. The van der Waals surface area contributed by atoms with Gasteiger partial charge in [-0.1, -0.05) is 20.8 Å². The average Bonchev–Trinajstić information content (AvgIpc) is 2.29. The first-order chi connectivity index (χ1) is 5.46. The van der Waals surface area contributed by atoms with E-state index in [2.05, 4.69) is 9.68 Å². The number of aromatic nitrogens is 1. The molecule has 0 atom stereocenters. The molecule has 0 aliphatic heterocycles. The van der Waals surface area contributed by atoms with Gasteiger partial charge in [-0.15, -0.1) is 0 Å². The Morgan fingerprint density at radius 2 is 2.00 bits per heavy atom. The quantitative estimate of drug-likeness (QED) is 0.640.